The summed E-state index contributed by atoms with van der Waals surface area (Å²) in [6.45, 7) is 1.64. The first-order chi connectivity index (χ1) is 11.5. The number of hydrogen-bond acceptors (Lipinski definition) is 5. The van der Waals surface area contributed by atoms with Gasteiger partial charge in [-0.2, -0.15) is 0 Å². The lowest BCUT2D eigenvalue weighted by molar-refractivity contribution is -0.385. The lowest BCUT2D eigenvalue weighted by Gasteiger charge is -2.04. The van der Waals surface area contributed by atoms with Crippen LogP contribution in [0.3, 0.4) is 0 Å². The molecule has 2 aromatic carbocycles. The molecular formula is C17H14N2O5. The molecule has 0 atom stereocenters. The lowest BCUT2D eigenvalue weighted by Crippen LogP contribution is -2.11. The van der Waals surface area contributed by atoms with E-state index in [4.69, 9.17) is 9.15 Å². The number of furan rings is 1. The zero-order valence-electron chi connectivity index (χ0n) is 13.0. The standard InChI is InChI=1S/C17H14N2O5/c1-10-3-4-12(9-14(10)19(21)22)18-17(20)16-8-11-7-13(23-2)5-6-15(11)24-16/h3-9H,1-2H3,(H,18,20). The maximum atomic E-state index is 12.3. The van der Waals surface area contributed by atoms with Crippen molar-refractivity contribution in [1.82, 2.24) is 0 Å². The number of carbonyl (C=O) groups excluding carboxylic acids is 1. The predicted octanol–water partition coefficient (Wildman–Crippen LogP) is 3.91. The van der Waals surface area contributed by atoms with Crippen molar-refractivity contribution in [1.29, 1.82) is 0 Å². The Balaban J connectivity index is 1.87. The van der Waals surface area contributed by atoms with Crippen LogP contribution in [0.4, 0.5) is 11.4 Å². The molecule has 7 heteroatoms. The average Bonchev–Trinajstić information content (AvgIpc) is 2.99. The van der Waals surface area contributed by atoms with Crippen molar-refractivity contribution in [3.63, 3.8) is 0 Å². The van der Waals surface area contributed by atoms with Gasteiger partial charge in [-0.1, -0.05) is 6.07 Å². The number of nitrogens with zero attached hydrogens (tertiary/aromatic N) is 1. The van der Waals surface area contributed by atoms with Crippen molar-refractivity contribution in [2.75, 3.05) is 12.4 Å². The monoisotopic (exact) mass is 326 g/mol. The highest BCUT2D eigenvalue weighted by Gasteiger charge is 2.16. The Morgan fingerprint density at radius 2 is 2.00 bits per heavy atom. The number of ether oxygens (including phenoxy) is 1. The average molecular weight is 326 g/mol. The molecule has 3 rings (SSSR count). The molecule has 122 valence electrons. The first-order valence-corrected chi connectivity index (χ1v) is 7.12. The highest BCUT2D eigenvalue weighted by Crippen LogP contribution is 2.26. The maximum Gasteiger partial charge on any atom is 0.291 e. The SMILES string of the molecule is COc1ccc2oc(C(=O)Nc3ccc(C)c([N+](=O)[O-])c3)cc2c1. The third kappa shape index (κ3) is 2.91. The highest BCUT2D eigenvalue weighted by atomic mass is 16.6. The molecule has 0 fully saturated rings. The van der Waals surface area contributed by atoms with Crippen LogP contribution in [-0.4, -0.2) is 17.9 Å². The second-order valence-electron chi connectivity index (χ2n) is 5.23. The van der Waals surface area contributed by atoms with E-state index in [9.17, 15) is 14.9 Å². The Morgan fingerprint density at radius 1 is 1.21 bits per heavy atom. The van der Waals surface area contributed by atoms with Crippen LogP contribution >= 0.6 is 0 Å². The molecule has 0 saturated heterocycles. The summed E-state index contributed by atoms with van der Waals surface area (Å²) in [5, 5.41) is 14.3. The zero-order valence-corrected chi connectivity index (χ0v) is 13.0. The van der Waals surface area contributed by atoms with Crippen LogP contribution in [0.5, 0.6) is 5.75 Å². The van der Waals surface area contributed by atoms with Gasteiger partial charge in [-0.05, 0) is 37.3 Å². The molecule has 7 nitrogen and oxygen atoms in total. The number of nitrogens with one attached hydrogen (secondary N) is 1. The van der Waals surface area contributed by atoms with Gasteiger partial charge in [0.05, 0.1) is 12.0 Å². The molecule has 1 N–H and O–H groups in total. The van der Waals surface area contributed by atoms with Crippen LogP contribution in [0.25, 0.3) is 11.0 Å². The summed E-state index contributed by atoms with van der Waals surface area (Å²) >= 11 is 0. The molecule has 1 heterocycles. The van der Waals surface area contributed by atoms with Crippen LogP contribution in [0.1, 0.15) is 16.1 Å². The van der Waals surface area contributed by atoms with Gasteiger partial charge in [-0.25, -0.2) is 0 Å². The fraction of sp³-hybridized carbons (Fsp3) is 0.118. The van der Waals surface area contributed by atoms with Crippen LogP contribution in [0.15, 0.2) is 46.9 Å². The fourth-order valence-electron chi connectivity index (χ4n) is 2.34. The molecule has 0 aliphatic rings. The molecule has 0 unspecified atom stereocenters. The summed E-state index contributed by atoms with van der Waals surface area (Å²) < 4.78 is 10.6. The summed E-state index contributed by atoms with van der Waals surface area (Å²) in [5.74, 6) is 0.286. The molecule has 0 radical (unpaired) electrons. The van der Waals surface area contributed by atoms with Gasteiger partial charge in [0.25, 0.3) is 11.6 Å². The summed E-state index contributed by atoms with van der Waals surface area (Å²) in [5.41, 5.74) is 1.35. The number of amides is 1. The Kier molecular flexibility index (Phi) is 3.91. The third-order valence-electron chi connectivity index (χ3n) is 3.61. The topological polar surface area (TPSA) is 94.6 Å². The predicted molar refractivity (Wildman–Crippen MR) is 88.6 cm³/mol. The minimum atomic E-state index is -0.488. The van der Waals surface area contributed by atoms with Crippen LogP contribution < -0.4 is 10.1 Å². The number of carbonyl (C=O) groups is 1. The molecule has 0 spiro atoms. The molecule has 0 saturated carbocycles. The Bertz CT molecular complexity index is 945. The number of benzene rings is 2. The molecule has 0 aliphatic carbocycles. The summed E-state index contributed by atoms with van der Waals surface area (Å²) in [6, 6.07) is 11.3. The third-order valence-corrected chi connectivity index (χ3v) is 3.61. The van der Waals surface area contributed by atoms with E-state index in [-0.39, 0.29) is 11.4 Å². The number of hydrogen-bond donors (Lipinski definition) is 1. The Hall–Kier alpha value is -3.35. The number of nitro groups is 1. The first kappa shape index (κ1) is 15.5. The van der Waals surface area contributed by atoms with Gasteiger partial charge in [0.15, 0.2) is 5.76 Å². The van der Waals surface area contributed by atoms with Gasteiger partial charge in [-0.3, -0.25) is 14.9 Å². The van der Waals surface area contributed by atoms with Crippen LogP contribution in [0.2, 0.25) is 0 Å². The van der Waals surface area contributed by atoms with Crippen molar-refractivity contribution in [3.8, 4) is 5.75 Å². The van der Waals surface area contributed by atoms with Crippen molar-refractivity contribution in [2.24, 2.45) is 0 Å². The molecule has 0 aliphatic heterocycles. The quantitative estimate of drug-likeness (QED) is 0.579. The van der Waals surface area contributed by atoms with Crippen molar-refractivity contribution in [3.05, 3.63) is 63.9 Å². The molecule has 3 aromatic rings. The second-order valence-corrected chi connectivity index (χ2v) is 5.23. The number of anilines is 1. The van der Waals surface area contributed by atoms with E-state index in [1.807, 2.05) is 0 Å². The van der Waals surface area contributed by atoms with Crippen molar-refractivity contribution in [2.45, 2.75) is 6.92 Å². The zero-order chi connectivity index (χ0) is 17.3. The first-order valence-electron chi connectivity index (χ1n) is 7.12. The number of aryl methyl sites for hydroxylation is 1. The van der Waals surface area contributed by atoms with E-state index < -0.39 is 10.8 Å². The van der Waals surface area contributed by atoms with E-state index in [1.165, 1.54) is 6.07 Å². The van der Waals surface area contributed by atoms with Gasteiger partial charge in [0.2, 0.25) is 0 Å². The van der Waals surface area contributed by atoms with Gasteiger partial charge in [0.1, 0.15) is 11.3 Å². The van der Waals surface area contributed by atoms with Crippen LogP contribution in [-0.2, 0) is 0 Å². The van der Waals surface area contributed by atoms with E-state index in [0.29, 0.717) is 22.6 Å². The summed E-state index contributed by atoms with van der Waals surface area (Å²) in [6.07, 6.45) is 0. The fourth-order valence-corrected chi connectivity index (χ4v) is 2.34. The van der Waals surface area contributed by atoms with Crippen LogP contribution in [0, 0.1) is 17.0 Å². The minimum Gasteiger partial charge on any atom is -0.497 e. The van der Waals surface area contributed by atoms with E-state index >= 15 is 0 Å². The number of fused-ring (bicyclic) bond motifs is 1. The van der Waals surface area contributed by atoms with Gasteiger partial charge in [-0.15, -0.1) is 0 Å². The summed E-state index contributed by atoms with van der Waals surface area (Å²) in [4.78, 5) is 22.8. The lowest BCUT2D eigenvalue weighted by atomic mass is 10.2. The largest absolute Gasteiger partial charge is 0.497 e. The number of rotatable bonds is 4. The normalized spacial score (nSPS) is 10.6. The van der Waals surface area contributed by atoms with E-state index in [1.54, 1.807) is 50.4 Å². The molecule has 0 bridgehead atoms. The van der Waals surface area contributed by atoms with Gasteiger partial charge >= 0.3 is 0 Å². The number of nitro benzene ring substituents is 1. The number of methoxy groups -OCH3 is 1. The summed E-state index contributed by atoms with van der Waals surface area (Å²) in [7, 11) is 1.55. The molecule has 24 heavy (non-hydrogen) atoms. The Morgan fingerprint density at radius 3 is 2.71 bits per heavy atom. The van der Waals surface area contributed by atoms with E-state index in [2.05, 4.69) is 5.32 Å². The molecule has 1 amide bonds. The van der Waals surface area contributed by atoms with Crippen molar-refractivity contribution < 1.29 is 18.9 Å². The highest BCUT2D eigenvalue weighted by molar-refractivity contribution is 6.04. The Labute approximate surface area is 137 Å². The van der Waals surface area contributed by atoms with Gasteiger partial charge < -0.3 is 14.5 Å². The van der Waals surface area contributed by atoms with Gasteiger partial charge in [0, 0.05) is 22.7 Å². The van der Waals surface area contributed by atoms with Crippen molar-refractivity contribution >= 4 is 28.3 Å². The smallest absolute Gasteiger partial charge is 0.291 e. The molecule has 1 aromatic heterocycles. The maximum absolute atomic E-state index is 12.3. The second kappa shape index (κ2) is 6.04. The molecular weight excluding hydrogens is 312 g/mol. The minimum absolute atomic E-state index is 0.0536. The van der Waals surface area contributed by atoms with E-state index in [0.717, 1.165) is 5.39 Å².